The molecule has 0 saturated heterocycles. The van der Waals surface area contributed by atoms with E-state index in [1.165, 1.54) is 12.0 Å². The van der Waals surface area contributed by atoms with Crippen molar-refractivity contribution >= 4 is 33.5 Å². The SMILES string of the molecule is CCCCNc1cccc(Br)c1/N=C/c1ccc(C(C)(C)C)cc1. The van der Waals surface area contributed by atoms with Crippen LogP contribution in [0.3, 0.4) is 0 Å². The molecule has 0 heterocycles. The summed E-state index contributed by atoms with van der Waals surface area (Å²) in [7, 11) is 0. The molecule has 0 radical (unpaired) electrons. The number of unbranched alkanes of at least 4 members (excludes halogenated alkanes) is 1. The van der Waals surface area contributed by atoms with Gasteiger partial charge in [-0.2, -0.15) is 0 Å². The van der Waals surface area contributed by atoms with Gasteiger partial charge in [0.15, 0.2) is 0 Å². The van der Waals surface area contributed by atoms with E-state index in [1.807, 2.05) is 18.3 Å². The lowest BCUT2D eigenvalue weighted by molar-refractivity contribution is 0.590. The van der Waals surface area contributed by atoms with Gasteiger partial charge in [-0.3, -0.25) is 4.99 Å². The van der Waals surface area contributed by atoms with Gasteiger partial charge in [-0.1, -0.05) is 64.4 Å². The van der Waals surface area contributed by atoms with E-state index in [0.717, 1.165) is 34.4 Å². The topological polar surface area (TPSA) is 24.4 Å². The molecule has 0 saturated carbocycles. The van der Waals surface area contributed by atoms with Crippen molar-refractivity contribution < 1.29 is 0 Å². The summed E-state index contributed by atoms with van der Waals surface area (Å²) in [5, 5.41) is 3.48. The molecule has 0 atom stereocenters. The van der Waals surface area contributed by atoms with Crippen molar-refractivity contribution in [2.75, 3.05) is 11.9 Å². The van der Waals surface area contributed by atoms with Crippen molar-refractivity contribution in [2.45, 2.75) is 46.0 Å². The van der Waals surface area contributed by atoms with Gasteiger partial charge in [-0.15, -0.1) is 0 Å². The van der Waals surface area contributed by atoms with E-state index < -0.39 is 0 Å². The van der Waals surface area contributed by atoms with Crippen molar-refractivity contribution in [1.82, 2.24) is 0 Å². The normalized spacial score (nSPS) is 11.9. The second-order valence-corrected chi connectivity index (χ2v) is 7.90. The minimum absolute atomic E-state index is 0.175. The van der Waals surface area contributed by atoms with Crippen molar-refractivity contribution in [2.24, 2.45) is 4.99 Å². The van der Waals surface area contributed by atoms with Crippen LogP contribution < -0.4 is 5.32 Å². The molecule has 128 valence electrons. The van der Waals surface area contributed by atoms with Gasteiger partial charge in [0.2, 0.25) is 0 Å². The summed E-state index contributed by atoms with van der Waals surface area (Å²) < 4.78 is 1.01. The summed E-state index contributed by atoms with van der Waals surface area (Å²) in [5.41, 5.74) is 4.64. The van der Waals surface area contributed by atoms with Gasteiger partial charge in [-0.05, 0) is 51.0 Å². The molecule has 0 aliphatic carbocycles. The zero-order valence-corrected chi connectivity index (χ0v) is 16.7. The number of hydrogen-bond donors (Lipinski definition) is 1. The van der Waals surface area contributed by atoms with E-state index in [2.05, 4.69) is 79.3 Å². The highest BCUT2D eigenvalue weighted by atomic mass is 79.9. The van der Waals surface area contributed by atoms with Crippen LogP contribution in [0.1, 0.15) is 51.7 Å². The lowest BCUT2D eigenvalue weighted by Gasteiger charge is -2.18. The third-order valence-electron chi connectivity index (χ3n) is 3.95. The largest absolute Gasteiger partial charge is 0.383 e. The lowest BCUT2D eigenvalue weighted by Crippen LogP contribution is -2.10. The van der Waals surface area contributed by atoms with E-state index in [1.54, 1.807) is 0 Å². The van der Waals surface area contributed by atoms with E-state index >= 15 is 0 Å². The molecule has 0 spiro atoms. The Morgan fingerprint density at radius 1 is 1.08 bits per heavy atom. The molecule has 2 nitrogen and oxygen atoms in total. The van der Waals surface area contributed by atoms with Crippen molar-refractivity contribution in [3.05, 3.63) is 58.1 Å². The van der Waals surface area contributed by atoms with Crippen LogP contribution in [-0.2, 0) is 5.41 Å². The molecule has 0 bridgehead atoms. The molecule has 0 aliphatic heterocycles. The van der Waals surface area contributed by atoms with Gasteiger partial charge in [0.05, 0.1) is 5.69 Å². The minimum Gasteiger partial charge on any atom is -0.383 e. The number of anilines is 1. The number of hydrogen-bond acceptors (Lipinski definition) is 2. The van der Waals surface area contributed by atoms with Crippen LogP contribution in [-0.4, -0.2) is 12.8 Å². The first-order chi connectivity index (χ1) is 11.4. The molecule has 0 unspecified atom stereocenters. The lowest BCUT2D eigenvalue weighted by atomic mass is 9.87. The second kappa shape index (κ2) is 8.48. The maximum atomic E-state index is 4.71. The second-order valence-electron chi connectivity index (χ2n) is 7.05. The molecule has 2 aromatic carbocycles. The third kappa shape index (κ3) is 5.20. The first-order valence-corrected chi connectivity index (χ1v) is 9.38. The highest BCUT2D eigenvalue weighted by Crippen LogP contribution is 2.33. The number of aliphatic imine (C=N–C) groups is 1. The quantitative estimate of drug-likeness (QED) is 0.432. The van der Waals surface area contributed by atoms with E-state index in [9.17, 15) is 0 Å². The summed E-state index contributed by atoms with van der Waals surface area (Å²) in [6, 6.07) is 14.8. The van der Waals surface area contributed by atoms with Crippen LogP contribution >= 0.6 is 15.9 Å². The van der Waals surface area contributed by atoms with E-state index in [0.29, 0.717) is 0 Å². The Morgan fingerprint density at radius 3 is 2.42 bits per heavy atom. The Morgan fingerprint density at radius 2 is 1.79 bits per heavy atom. The highest BCUT2D eigenvalue weighted by molar-refractivity contribution is 9.10. The first-order valence-electron chi connectivity index (χ1n) is 8.59. The van der Waals surface area contributed by atoms with Crippen molar-refractivity contribution in [1.29, 1.82) is 0 Å². The van der Waals surface area contributed by atoms with Gasteiger partial charge >= 0.3 is 0 Å². The predicted octanol–water partition coefficient (Wildman–Crippen LogP) is 6.71. The third-order valence-corrected chi connectivity index (χ3v) is 4.59. The molecule has 0 aromatic heterocycles. The molecule has 0 amide bonds. The Balaban J connectivity index is 2.19. The van der Waals surface area contributed by atoms with Crippen LogP contribution in [0.2, 0.25) is 0 Å². The fourth-order valence-corrected chi connectivity index (χ4v) is 2.87. The van der Waals surface area contributed by atoms with Crippen molar-refractivity contribution in [3.8, 4) is 0 Å². The number of para-hydroxylation sites is 1. The smallest absolute Gasteiger partial charge is 0.100 e. The van der Waals surface area contributed by atoms with E-state index in [4.69, 9.17) is 4.99 Å². The average Bonchev–Trinajstić information content (AvgIpc) is 2.54. The standard InChI is InChI=1S/C21H27BrN2/c1-5-6-14-23-19-9-7-8-18(22)20(19)24-15-16-10-12-17(13-11-16)21(2,3)4/h7-13,15,23H,5-6,14H2,1-4H3/b24-15+. The van der Waals surface area contributed by atoms with Gasteiger partial charge in [0.25, 0.3) is 0 Å². The van der Waals surface area contributed by atoms with Gasteiger partial charge in [-0.25, -0.2) is 0 Å². The van der Waals surface area contributed by atoms with Crippen LogP contribution in [0.4, 0.5) is 11.4 Å². The molecule has 1 N–H and O–H groups in total. The molecule has 0 fully saturated rings. The summed E-state index contributed by atoms with van der Waals surface area (Å²) in [5.74, 6) is 0. The summed E-state index contributed by atoms with van der Waals surface area (Å²) in [6.45, 7) is 9.85. The molecule has 0 aliphatic rings. The van der Waals surface area contributed by atoms with Crippen LogP contribution in [0.5, 0.6) is 0 Å². The summed E-state index contributed by atoms with van der Waals surface area (Å²) in [6.07, 6.45) is 4.27. The monoisotopic (exact) mass is 386 g/mol. The average molecular weight is 387 g/mol. The van der Waals surface area contributed by atoms with Gasteiger partial charge in [0, 0.05) is 17.2 Å². The van der Waals surface area contributed by atoms with Crippen LogP contribution in [0.15, 0.2) is 51.9 Å². The molecular weight excluding hydrogens is 360 g/mol. The zero-order valence-electron chi connectivity index (χ0n) is 15.1. The number of nitrogens with zero attached hydrogens (tertiary/aromatic N) is 1. The molecular formula is C21H27BrN2. The van der Waals surface area contributed by atoms with Crippen LogP contribution in [0.25, 0.3) is 0 Å². The first kappa shape index (κ1) is 18.7. The predicted molar refractivity (Wildman–Crippen MR) is 110 cm³/mol. The zero-order chi connectivity index (χ0) is 17.6. The number of halogens is 1. The van der Waals surface area contributed by atoms with Gasteiger partial charge < -0.3 is 5.32 Å². The molecule has 2 rings (SSSR count). The Kier molecular flexibility index (Phi) is 6.61. The van der Waals surface area contributed by atoms with Crippen molar-refractivity contribution in [3.63, 3.8) is 0 Å². The molecule has 24 heavy (non-hydrogen) atoms. The fourth-order valence-electron chi connectivity index (χ4n) is 2.40. The fraction of sp³-hybridized carbons (Fsp3) is 0.381. The number of benzene rings is 2. The Bertz CT molecular complexity index is 682. The highest BCUT2D eigenvalue weighted by Gasteiger charge is 2.12. The summed E-state index contributed by atoms with van der Waals surface area (Å²) >= 11 is 3.61. The number of nitrogens with one attached hydrogen (secondary N) is 1. The van der Waals surface area contributed by atoms with Gasteiger partial charge in [0.1, 0.15) is 5.69 Å². The Labute approximate surface area is 154 Å². The van der Waals surface area contributed by atoms with E-state index in [-0.39, 0.29) is 5.41 Å². The molecule has 3 heteroatoms. The maximum absolute atomic E-state index is 4.71. The minimum atomic E-state index is 0.175. The molecule has 2 aromatic rings. The van der Waals surface area contributed by atoms with Crippen LogP contribution in [0, 0.1) is 0 Å². The summed E-state index contributed by atoms with van der Waals surface area (Å²) in [4.78, 5) is 4.71. The maximum Gasteiger partial charge on any atom is 0.100 e. The number of rotatable bonds is 6. The Hall–Kier alpha value is -1.61.